The monoisotopic (exact) mass is 193 g/mol. The molecule has 0 aromatic carbocycles. The first-order valence-corrected chi connectivity index (χ1v) is 6.01. The molecule has 0 aliphatic carbocycles. The topological polar surface area (TPSA) is 0 Å². The Labute approximate surface area is 90.1 Å². The molecule has 0 saturated heterocycles. The molecule has 0 spiro atoms. The van der Waals surface area contributed by atoms with Gasteiger partial charge in [0.1, 0.15) is 0 Å². The van der Waals surface area contributed by atoms with Crippen molar-refractivity contribution in [1.82, 2.24) is 0 Å². The standard InChI is InChI=1S/C14H25/c1-3-5-7-9-11-13-14-12-10-8-6-4-2/h10-13H,1,3-9,14H2,2H3. The van der Waals surface area contributed by atoms with Gasteiger partial charge < -0.3 is 0 Å². The number of allylic oxidation sites excluding steroid dienone is 4. The largest absolute Gasteiger partial charge is 0.0882 e. The molecule has 0 aromatic rings. The van der Waals surface area contributed by atoms with Crippen molar-refractivity contribution in [1.29, 1.82) is 0 Å². The maximum Gasteiger partial charge on any atom is -0.0169 e. The SMILES string of the molecule is [CH2]CCCCC=CCC=CCCCC. The van der Waals surface area contributed by atoms with Crippen LogP contribution in [-0.2, 0) is 0 Å². The quantitative estimate of drug-likeness (QED) is 0.354. The van der Waals surface area contributed by atoms with E-state index in [0.29, 0.717) is 0 Å². The van der Waals surface area contributed by atoms with Gasteiger partial charge >= 0.3 is 0 Å². The average molecular weight is 193 g/mol. The van der Waals surface area contributed by atoms with Gasteiger partial charge in [-0.2, -0.15) is 0 Å². The predicted molar refractivity (Wildman–Crippen MR) is 66.2 cm³/mol. The Hall–Kier alpha value is -0.520. The van der Waals surface area contributed by atoms with E-state index in [4.69, 9.17) is 0 Å². The van der Waals surface area contributed by atoms with Crippen LogP contribution >= 0.6 is 0 Å². The summed E-state index contributed by atoms with van der Waals surface area (Å²) in [5.41, 5.74) is 0. The van der Waals surface area contributed by atoms with Crippen LogP contribution in [0.25, 0.3) is 0 Å². The highest BCUT2D eigenvalue weighted by Gasteiger charge is 1.81. The molecule has 1 radical (unpaired) electrons. The van der Waals surface area contributed by atoms with Crippen molar-refractivity contribution < 1.29 is 0 Å². The molecular formula is C14H25. The summed E-state index contributed by atoms with van der Waals surface area (Å²) in [6.07, 6.45) is 18.9. The lowest BCUT2D eigenvalue weighted by molar-refractivity contribution is 0.759. The van der Waals surface area contributed by atoms with Crippen molar-refractivity contribution >= 4 is 0 Å². The van der Waals surface area contributed by atoms with Crippen LogP contribution in [0.5, 0.6) is 0 Å². The molecular weight excluding hydrogens is 168 g/mol. The molecule has 0 fully saturated rings. The van der Waals surface area contributed by atoms with E-state index >= 15 is 0 Å². The molecule has 0 aromatic heterocycles. The second kappa shape index (κ2) is 12.5. The predicted octanol–water partition coefficient (Wildman–Crippen LogP) is 5.07. The van der Waals surface area contributed by atoms with Crippen LogP contribution in [0.2, 0.25) is 0 Å². The third-order valence-electron chi connectivity index (χ3n) is 2.20. The van der Waals surface area contributed by atoms with Crippen LogP contribution in [0.4, 0.5) is 0 Å². The zero-order valence-corrected chi connectivity index (χ0v) is 9.67. The summed E-state index contributed by atoms with van der Waals surface area (Å²) >= 11 is 0. The highest BCUT2D eigenvalue weighted by molar-refractivity contribution is 4.92. The lowest BCUT2D eigenvalue weighted by atomic mass is 10.2. The second-order valence-electron chi connectivity index (χ2n) is 3.67. The molecule has 0 atom stereocenters. The lowest BCUT2D eigenvalue weighted by Crippen LogP contribution is -1.71. The van der Waals surface area contributed by atoms with Gasteiger partial charge in [0.15, 0.2) is 0 Å². The van der Waals surface area contributed by atoms with E-state index in [9.17, 15) is 0 Å². The summed E-state index contributed by atoms with van der Waals surface area (Å²) in [5, 5.41) is 0. The average Bonchev–Trinajstić information content (AvgIpc) is 2.21. The van der Waals surface area contributed by atoms with Gasteiger partial charge in [-0.3, -0.25) is 0 Å². The van der Waals surface area contributed by atoms with Crippen LogP contribution in [-0.4, -0.2) is 0 Å². The third-order valence-corrected chi connectivity index (χ3v) is 2.20. The molecule has 81 valence electrons. The normalized spacial score (nSPS) is 11.9. The number of hydrogen-bond acceptors (Lipinski definition) is 0. The van der Waals surface area contributed by atoms with E-state index in [0.717, 1.165) is 12.8 Å². The van der Waals surface area contributed by atoms with E-state index in [2.05, 4.69) is 38.2 Å². The minimum atomic E-state index is 1.07. The zero-order valence-electron chi connectivity index (χ0n) is 9.67. The molecule has 0 bridgehead atoms. The fourth-order valence-electron chi connectivity index (χ4n) is 1.27. The molecule has 0 nitrogen and oxygen atoms in total. The van der Waals surface area contributed by atoms with Crippen LogP contribution in [0.3, 0.4) is 0 Å². The van der Waals surface area contributed by atoms with Gasteiger partial charge in [0.2, 0.25) is 0 Å². The Morgan fingerprint density at radius 3 is 2.07 bits per heavy atom. The first kappa shape index (κ1) is 13.5. The van der Waals surface area contributed by atoms with E-state index in [1.807, 2.05) is 0 Å². The Bertz CT molecular complexity index is 142. The van der Waals surface area contributed by atoms with Crippen molar-refractivity contribution in [2.24, 2.45) is 0 Å². The van der Waals surface area contributed by atoms with Crippen molar-refractivity contribution in [3.63, 3.8) is 0 Å². The fourth-order valence-corrected chi connectivity index (χ4v) is 1.27. The van der Waals surface area contributed by atoms with Crippen LogP contribution in [0.1, 0.15) is 58.3 Å². The van der Waals surface area contributed by atoms with Gasteiger partial charge in [-0.15, -0.1) is 0 Å². The van der Waals surface area contributed by atoms with E-state index in [1.165, 1.54) is 38.5 Å². The van der Waals surface area contributed by atoms with Gasteiger partial charge in [-0.25, -0.2) is 0 Å². The van der Waals surface area contributed by atoms with Gasteiger partial charge in [-0.1, -0.05) is 63.8 Å². The molecule has 0 N–H and O–H groups in total. The van der Waals surface area contributed by atoms with Crippen LogP contribution < -0.4 is 0 Å². The summed E-state index contributed by atoms with van der Waals surface area (Å²) in [6.45, 7) is 6.06. The molecule has 0 heteroatoms. The zero-order chi connectivity index (χ0) is 10.5. The molecule has 0 amide bonds. The molecule has 0 aliphatic heterocycles. The molecule has 0 heterocycles. The molecule has 0 aliphatic rings. The second-order valence-corrected chi connectivity index (χ2v) is 3.67. The first-order valence-electron chi connectivity index (χ1n) is 6.01. The van der Waals surface area contributed by atoms with Crippen molar-refractivity contribution in [2.75, 3.05) is 0 Å². The van der Waals surface area contributed by atoms with Gasteiger partial charge in [0.25, 0.3) is 0 Å². The minimum absolute atomic E-state index is 1.07. The summed E-state index contributed by atoms with van der Waals surface area (Å²) in [5.74, 6) is 0. The summed E-state index contributed by atoms with van der Waals surface area (Å²) in [7, 11) is 0. The number of rotatable bonds is 9. The maximum atomic E-state index is 3.83. The van der Waals surface area contributed by atoms with E-state index < -0.39 is 0 Å². The first-order chi connectivity index (χ1) is 6.91. The summed E-state index contributed by atoms with van der Waals surface area (Å²) < 4.78 is 0. The lowest BCUT2D eigenvalue weighted by Gasteiger charge is -1.91. The highest BCUT2D eigenvalue weighted by atomic mass is 13.9. The van der Waals surface area contributed by atoms with Crippen molar-refractivity contribution in [2.45, 2.75) is 58.3 Å². The highest BCUT2D eigenvalue weighted by Crippen LogP contribution is 2.01. The van der Waals surface area contributed by atoms with E-state index in [-0.39, 0.29) is 0 Å². The Balaban J connectivity index is 3.13. The molecule has 0 saturated carbocycles. The minimum Gasteiger partial charge on any atom is -0.0882 e. The molecule has 0 rings (SSSR count). The molecule has 0 unspecified atom stereocenters. The number of unbranched alkanes of at least 4 members (excludes halogenated alkanes) is 5. The van der Waals surface area contributed by atoms with Crippen LogP contribution in [0.15, 0.2) is 24.3 Å². The van der Waals surface area contributed by atoms with Crippen molar-refractivity contribution in [3.05, 3.63) is 31.2 Å². The smallest absolute Gasteiger partial charge is 0.0169 e. The Morgan fingerprint density at radius 1 is 0.857 bits per heavy atom. The van der Waals surface area contributed by atoms with Gasteiger partial charge in [0, 0.05) is 0 Å². The van der Waals surface area contributed by atoms with Gasteiger partial charge in [-0.05, 0) is 25.7 Å². The summed E-state index contributed by atoms with van der Waals surface area (Å²) in [6, 6.07) is 0. The van der Waals surface area contributed by atoms with Crippen LogP contribution in [0, 0.1) is 6.92 Å². The number of hydrogen-bond donors (Lipinski definition) is 0. The Morgan fingerprint density at radius 2 is 1.50 bits per heavy atom. The Kier molecular flexibility index (Phi) is 12.0. The van der Waals surface area contributed by atoms with Crippen molar-refractivity contribution in [3.8, 4) is 0 Å². The molecule has 14 heavy (non-hydrogen) atoms. The maximum absolute atomic E-state index is 3.83. The van der Waals surface area contributed by atoms with Gasteiger partial charge in [0.05, 0.1) is 0 Å². The third kappa shape index (κ3) is 11.5. The van der Waals surface area contributed by atoms with E-state index in [1.54, 1.807) is 0 Å². The fraction of sp³-hybridized carbons (Fsp3) is 0.643. The summed E-state index contributed by atoms with van der Waals surface area (Å²) in [4.78, 5) is 0.